The van der Waals surface area contributed by atoms with Crippen LogP contribution in [0.2, 0.25) is 0 Å². The Labute approximate surface area is 181 Å². The molecule has 2 aromatic rings. The molecular formula is C20H24IN3O2S. The highest BCUT2D eigenvalue weighted by Crippen LogP contribution is 2.36. The number of guanidine groups is 1. The van der Waals surface area contributed by atoms with Crippen molar-refractivity contribution in [2.75, 3.05) is 30.8 Å². The number of nitrogens with two attached hydrogens (primary N) is 1. The molecule has 0 spiro atoms. The first kappa shape index (κ1) is 20.1. The fraction of sp³-hybridized carbons (Fsp3) is 0.350. The van der Waals surface area contributed by atoms with Crippen LogP contribution in [-0.2, 0) is 6.42 Å². The van der Waals surface area contributed by atoms with E-state index in [0.29, 0.717) is 31.0 Å². The summed E-state index contributed by atoms with van der Waals surface area (Å²) in [5, 5.41) is 3.52. The first-order valence-electron chi connectivity index (χ1n) is 8.95. The zero-order valence-corrected chi connectivity index (χ0v) is 18.2. The molecule has 7 heteroatoms. The molecule has 27 heavy (non-hydrogen) atoms. The predicted octanol–water partition coefficient (Wildman–Crippen LogP) is 4.22. The number of hydrogen-bond acceptors (Lipinski definition) is 4. The molecule has 4 rings (SSSR count). The minimum Gasteiger partial charge on any atom is -0.490 e. The molecule has 0 bridgehead atoms. The fourth-order valence-corrected chi connectivity index (χ4v) is 4.45. The number of nitrogens with zero attached hydrogens (tertiary/aromatic N) is 1. The van der Waals surface area contributed by atoms with Crippen molar-refractivity contribution in [1.82, 2.24) is 0 Å². The third-order valence-electron chi connectivity index (χ3n) is 4.54. The number of nitrogens with one attached hydrogen (secondary N) is 1. The SMILES string of the molecule is I.NC(=NCC1SCCc2ccccc21)Nc1ccc2c(c1)OCCCO2. The van der Waals surface area contributed by atoms with Gasteiger partial charge in [0.1, 0.15) is 0 Å². The van der Waals surface area contributed by atoms with Crippen LogP contribution in [0.25, 0.3) is 0 Å². The molecule has 2 heterocycles. The van der Waals surface area contributed by atoms with E-state index in [1.807, 2.05) is 30.0 Å². The summed E-state index contributed by atoms with van der Waals surface area (Å²) in [5.41, 5.74) is 9.78. The second kappa shape index (κ2) is 9.54. The van der Waals surface area contributed by atoms with Crippen molar-refractivity contribution in [2.24, 2.45) is 10.7 Å². The predicted molar refractivity (Wildman–Crippen MR) is 123 cm³/mol. The van der Waals surface area contributed by atoms with Gasteiger partial charge >= 0.3 is 0 Å². The van der Waals surface area contributed by atoms with Gasteiger partial charge < -0.3 is 20.5 Å². The van der Waals surface area contributed by atoms with E-state index in [1.165, 1.54) is 11.1 Å². The maximum atomic E-state index is 6.11. The van der Waals surface area contributed by atoms with Crippen LogP contribution in [0.5, 0.6) is 11.5 Å². The zero-order valence-electron chi connectivity index (χ0n) is 15.0. The average molecular weight is 497 g/mol. The van der Waals surface area contributed by atoms with Crippen LogP contribution in [0, 0.1) is 0 Å². The van der Waals surface area contributed by atoms with Crippen LogP contribution in [0.3, 0.4) is 0 Å². The normalized spacial score (nSPS) is 18.7. The summed E-state index contributed by atoms with van der Waals surface area (Å²) in [5.74, 6) is 3.08. The van der Waals surface area contributed by atoms with Crippen LogP contribution >= 0.6 is 35.7 Å². The Morgan fingerprint density at radius 3 is 2.85 bits per heavy atom. The van der Waals surface area contributed by atoms with Gasteiger partial charge in [-0.3, -0.25) is 4.99 Å². The Hall–Kier alpha value is -1.61. The van der Waals surface area contributed by atoms with E-state index in [1.54, 1.807) is 0 Å². The summed E-state index contributed by atoms with van der Waals surface area (Å²) in [4.78, 5) is 4.56. The molecule has 144 valence electrons. The smallest absolute Gasteiger partial charge is 0.193 e. The molecule has 0 radical (unpaired) electrons. The molecule has 5 nitrogen and oxygen atoms in total. The standard InChI is InChI=1S/C20H23N3O2S.HI/c21-20(22-13-19-16-5-2-1-4-14(16)8-11-26-19)23-15-6-7-17-18(12-15)25-10-3-9-24-17;/h1-2,4-7,12,19H,3,8-11,13H2,(H3,21,22,23);1H. The third kappa shape index (κ3) is 5.01. The third-order valence-corrected chi connectivity index (χ3v) is 5.78. The maximum Gasteiger partial charge on any atom is 0.193 e. The fourth-order valence-electron chi connectivity index (χ4n) is 3.24. The largest absolute Gasteiger partial charge is 0.490 e. The molecule has 2 aromatic carbocycles. The molecule has 3 N–H and O–H groups in total. The summed E-state index contributed by atoms with van der Waals surface area (Å²) in [6.45, 7) is 2.02. The molecule has 1 atom stereocenters. The number of halogens is 1. The molecule has 0 saturated carbocycles. The number of ether oxygens (including phenoxy) is 2. The number of fused-ring (bicyclic) bond motifs is 2. The van der Waals surface area contributed by atoms with Crippen molar-refractivity contribution < 1.29 is 9.47 Å². The van der Waals surface area contributed by atoms with Crippen LogP contribution < -0.4 is 20.5 Å². The van der Waals surface area contributed by atoms with Gasteiger partial charge in [-0.15, -0.1) is 24.0 Å². The van der Waals surface area contributed by atoms with Gasteiger partial charge in [0.2, 0.25) is 0 Å². The molecule has 1 unspecified atom stereocenters. The second-order valence-electron chi connectivity index (χ2n) is 6.37. The van der Waals surface area contributed by atoms with E-state index in [0.717, 1.165) is 35.8 Å². The second-order valence-corrected chi connectivity index (χ2v) is 7.68. The van der Waals surface area contributed by atoms with Gasteiger partial charge in [0.25, 0.3) is 0 Å². The Bertz CT molecular complexity index is 816. The highest BCUT2D eigenvalue weighted by molar-refractivity contribution is 14.0. The number of thioether (sulfide) groups is 1. The lowest BCUT2D eigenvalue weighted by atomic mass is 10.0. The van der Waals surface area contributed by atoms with Gasteiger partial charge in [0, 0.05) is 23.4 Å². The van der Waals surface area contributed by atoms with E-state index in [-0.39, 0.29) is 24.0 Å². The summed E-state index contributed by atoms with van der Waals surface area (Å²) < 4.78 is 11.4. The minimum absolute atomic E-state index is 0. The summed E-state index contributed by atoms with van der Waals surface area (Å²) in [6, 6.07) is 14.4. The van der Waals surface area contributed by atoms with Crippen LogP contribution in [0.4, 0.5) is 5.69 Å². The summed E-state index contributed by atoms with van der Waals surface area (Å²) in [7, 11) is 0. The van der Waals surface area contributed by atoms with Crippen LogP contribution in [0.15, 0.2) is 47.5 Å². The van der Waals surface area contributed by atoms with E-state index in [2.05, 4.69) is 34.6 Å². The minimum atomic E-state index is 0. The zero-order chi connectivity index (χ0) is 17.8. The maximum absolute atomic E-state index is 6.11. The number of benzene rings is 2. The topological polar surface area (TPSA) is 68.9 Å². The number of rotatable bonds is 3. The molecular weight excluding hydrogens is 473 g/mol. The van der Waals surface area contributed by atoms with Gasteiger partial charge in [-0.25, -0.2) is 0 Å². The van der Waals surface area contributed by atoms with Crippen molar-refractivity contribution >= 4 is 47.4 Å². The van der Waals surface area contributed by atoms with E-state index < -0.39 is 0 Å². The van der Waals surface area contributed by atoms with Gasteiger partial charge in [-0.2, -0.15) is 11.8 Å². The lowest BCUT2D eigenvalue weighted by Gasteiger charge is -2.23. The average Bonchev–Trinajstić information content (AvgIpc) is 2.91. The van der Waals surface area contributed by atoms with Gasteiger partial charge in [0.05, 0.1) is 19.8 Å². The summed E-state index contributed by atoms with van der Waals surface area (Å²) in [6.07, 6.45) is 2.02. The number of aliphatic imine (C=N–C) groups is 1. The molecule has 0 aliphatic carbocycles. The first-order valence-corrected chi connectivity index (χ1v) is 10.0. The number of anilines is 1. The quantitative estimate of drug-likeness (QED) is 0.378. The number of hydrogen-bond donors (Lipinski definition) is 2. The first-order chi connectivity index (χ1) is 12.8. The lowest BCUT2D eigenvalue weighted by Crippen LogP contribution is -2.24. The molecule has 0 amide bonds. The Balaban J connectivity index is 0.00000210. The van der Waals surface area contributed by atoms with Crippen molar-refractivity contribution in [3.63, 3.8) is 0 Å². The highest BCUT2D eigenvalue weighted by atomic mass is 127. The molecule has 2 aliphatic heterocycles. The van der Waals surface area contributed by atoms with Gasteiger partial charge in [-0.05, 0) is 35.4 Å². The highest BCUT2D eigenvalue weighted by Gasteiger charge is 2.20. The Morgan fingerprint density at radius 2 is 1.96 bits per heavy atom. The van der Waals surface area contributed by atoms with Gasteiger partial charge in [0.15, 0.2) is 17.5 Å². The van der Waals surface area contributed by atoms with Crippen LogP contribution in [-0.4, -0.2) is 31.5 Å². The molecule has 0 aromatic heterocycles. The van der Waals surface area contributed by atoms with Crippen molar-refractivity contribution in [2.45, 2.75) is 18.1 Å². The van der Waals surface area contributed by atoms with Gasteiger partial charge in [-0.1, -0.05) is 24.3 Å². The number of aryl methyl sites for hydroxylation is 1. The van der Waals surface area contributed by atoms with Crippen molar-refractivity contribution in [1.29, 1.82) is 0 Å². The Kier molecular flexibility index (Phi) is 7.12. The molecule has 2 aliphatic rings. The molecule has 0 fully saturated rings. The van der Waals surface area contributed by atoms with E-state index >= 15 is 0 Å². The monoisotopic (exact) mass is 497 g/mol. The van der Waals surface area contributed by atoms with Crippen molar-refractivity contribution in [3.8, 4) is 11.5 Å². The summed E-state index contributed by atoms with van der Waals surface area (Å²) >= 11 is 1.95. The lowest BCUT2D eigenvalue weighted by molar-refractivity contribution is 0.297. The van der Waals surface area contributed by atoms with Crippen molar-refractivity contribution in [3.05, 3.63) is 53.6 Å². The van der Waals surface area contributed by atoms with E-state index in [4.69, 9.17) is 15.2 Å². The van der Waals surface area contributed by atoms with E-state index in [9.17, 15) is 0 Å². The Morgan fingerprint density at radius 1 is 1.15 bits per heavy atom. The van der Waals surface area contributed by atoms with Crippen LogP contribution in [0.1, 0.15) is 22.8 Å². The molecule has 0 saturated heterocycles.